The first-order valence-electron chi connectivity index (χ1n) is 1.91. The van der Waals surface area contributed by atoms with Gasteiger partial charge in [-0.05, 0) is 0 Å². The molecular formula is C3H7NS2. The van der Waals surface area contributed by atoms with Crippen LogP contribution >= 0.6 is 25.4 Å². The second-order valence-electron chi connectivity index (χ2n) is 1.53. The van der Waals surface area contributed by atoms with E-state index in [2.05, 4.69) is 25.4 Å². The standard InChI is InChI=1S/C3H7NS2/c5-3-1-4(6)2-3/h3,5-6H,1-2H2. The zero-order chi connectivity index (χ0) is 4.57. The molecule has 0 aromatic heterocycles. The molecule has 0 amide bonds. The first kappa shape index (κ1) is 4.81. The molecule has 0 aromatic carbocycles. The van der Waals surface area contributed by atoms with E-state index >= 15 is 0 Å². The molecular weight excluding hydrogens is 114 g/mol. The maximum atomic E-state index is 4.15. The highest BCUT2D eigenvalue weighted by Gasteiger charge is 2.18. The first-order valence-corrected chi connectivity index (χ1v) is 2.82. The van der Waals surface area contributed by atoms with E-state index in [1.54, 1.807) is 0 Å². The van der Waals surface area contributed by atoms with Gasteiger partial charge in [0.25, 0.3) is 0 Å². The van der Waals surface area contributed by atoms with Crippen molar-refractivity contribution in [2.75, 3.05) is 13.1 Å². The molecule has 0 radical (unpaired) electrons. The molecule has 0 saturated carbocycles. The van der Waals surface area contributed by atoms with Gasteiger partial charge in [0.05, 0.1) is 0 Å². The van der Waals surface area contributed by atoms with Crippen LogP contribution in [0.5, 0.6) is 0 Å². The monoisotopic (exact) mass is 121 g/mol. The summed E-state index contributed by atoms with van der Waals surface area (Å²) >= 11 is 8.18. The summed E-state index contributed by atoms with van der Waals surface area (Å²) in [6.07, 6.45) is 0. The summed E-state index contributed by atoms with van der Waals surface area (Å²) in [5, 5.41) is 0.586. The van der Waals surface area contributed by atoms with Gasteiger partial charge in [0, 0.05) is 18.3 Å². The van der Waals surface area contributed by atoms with Crippen molar-refractivity contribution in [3.63, 3.8) is 0 Å². The molecule has 0 spiro atoms. The Morgan fingerprint density at radius 1 is 1.50 bits per heavy atom. The molecule has 1 rings (SSSR count). The predicted molar refractivity (Wildman–Crippen MR) is 33.3 cm³/mol. The van der Waals surface area contributed by atoms with E-state index in [-0.39, 0.29) is 0 Å². The van der Waals surface area contributed by atoms with Crippen LogP contribution in [0.4, 0.5) is 0 Å². The van der Waals surface area contributed by atoms with Gasteiger partial charge in [-0.2, -0.15) is 12.6 Å². The summed E-state index contributed by atoms with van der Waals surface area (Å²) in [6.45, 7) is 2.07. The molecule has 36 valence electrons. The fraction of sp³-hybridized carbons (Fsp3) is 1.00. The Morgan fingerprint density at radius 3 is 2.00 bits per heavy atom. The lowest BCUT2D eigenvalue weighted by Gasteiger charge is -2.30. The Balaban J connectivity index is 2.11. The van der Waals surface area contributed by atoms with Crippen molar-refractivity contribution in [1.29, 1.82) is 0 Å². The van der Waals surface area contributed by atoms with Crippen molar-refractivity contribution < 1.29 is 0 Å². The first-order chi connectivity index (χ1) is 2.79. The van der Waals surface area contributed by atoms with Crippen LogP contribution in [0.3, 0.4) is 0 Å². The average molecular weight is 121 g/mol. The Labute approximate surface area is 48.7 Å². The van der Waals surface area contributed by atoms with Gasteiger partial charge in [-0.25, -0.2) is 0 Å². The maximum Gasteiger partial charge on any atom is 0.0290 e. The number of nitrogens with zero attached hydrogens (tertiary/aromatic N) is 1. The van der Waals surface area contributed by atoms with Crippen LogP contribution in [0.15, 0.2) is 0 Å². The van der Waals surface area contributed by atoms with Crippen LogP contribution in [-0.2, 0) is 0 Å². The Morgan fingerprint density at radius 2 is 2.00 bits per heavy atom. The molecule has 0 atom stereocenters. The molecule has 1 nitrogen and oxygen atoms in total. The van der Waals surface area contributed by atoms with Crippen LogP contribution < -0.4 is 0 Å². The molecule has 1 aliphatic rings. The topological polar surface area (TPSA) is 3.24 Å². The highest BCUT2D eigenvalue weighted by molar-refractivity contribution is 7.81. The van der Waals surface area contributed by atoms with Crippen LogP contribution in [0.25, 0.3) is 0 Å². The van der Waals surface area contributed by atoms with Gasteiger partial charge in [-0.15, -0.1) is 0 Å². The van der Waals surface area contributed by atoms with Crippen LogP contribution in [0.2, 0.25) is 0 Å². The molecule has 0 N–H and O–H groups in total. The molecule has 0 bridgehead atoms. The smallest absolute Gasteiger partial charge is 0.0290 e. The molecule has 0 aromatic rings. The third-order valence-corrected chi connectivity index (χ3v) is 1.50. The molecule has 1 heterocycles. The van der Waals surface area contributed by atoms with Crippen LogP contribution in [-0.4, -0.2) is 22.6 Å². The van der Waals surface area contributed by atoms with Crippen LogP contribution in [0.1, 0.15) is 0 Å². The largest absolute Gasteiger partial charge is 0.251 e. The average Bonchev–Trinajstić information content (AvgIpc) is 1.33. The highest BCUT2D eigenvalue weighted by Crippen LogP contribution is 2.13. The van der Waals surface area contributed by atoms with Crippen molar-refractivity contribution in [1.82, 2.24) is 4.31 Å². The zero-order valence-corrected chi connectivity index (χ0v) is 5.12. The van der Waals surface area contributed by atoms with Crippen molar-refractivity contribution >= 4 is 25.4 Å². The van der Waals surface area contributed by atoms with Crippen molar-refractivity contribution in [3.05, 3.63) is 0 Å². The summed E-state index contributed by atoms with van der Waals surface area (Å²) in [6, 6.07) is 0. The summed E-state index contributed by atoms with van der Waals surface area (Å²) in [5.41, 5.74) is 0. The molecule has 1 saturated heterocycles. The quantitative estimate of drug-likeness (QED) is 0.440. The van der Waals surface area contributed by atoms with Gasteiger partial charge >= 0.3 is 0 Å². The van der Waals surface area contributed by atoms with Gasteiger partial charge in [0.2, 0.25) is 0 Å². The van der Waals surface area contributed by atoms with E-state index < -0.39 is 0 Å². The van der Waals surface area contributed by atoms with Gasteiger partial charge in [0.1, 0.15) is 0 Å². The number of hydrogen-bond acceptors (Lipinski definition) is 3. The molecule has 6 heavy (non-hydrogen) atoms. The normalized spacial score (nSPS) is 27.0. The molecule has 0 unspecified atom stereocenters. The zero-order valence-electron chi connectivity index (χ0n) is 3.33. The van der Waals surface area contributed by atoms with E-state index in [0.717, 1.165) is 13.1 Å². The fourth-order valence-corrected chi connectivity index (χ4v) is 1.48. The minimum Gasteiger partial charge on any atom is -0.251 e. The Hall–Kier alpha value is 0.660. The predicted octanol–water partition coefficient (Wildman–Crippen LogP) is 0.445. The van der Waals surface area contributed by atoms with Crippen molar-refractivity contribution in [2.24, 2.45) is 0 Å². The number of rotatable bonds is 0. The maximum absolute atomic E-state index is 4.15. The fourth-order valence-electron chi connectivity index (χ4n) is 0.433. The van der Waals surface area contributed by atoms with Crippen molar-refractivity contribution in [3.8, 4) is 0 Å². The second kappa shape index (κ2) is 1.64. The van der Waals surface area contributed by atoms with Crippen LogP contribution in [0, 0.1) is 0 Å². The summed E-state index contributed by atoms with van der Waals surface area (Å²) in [7, 11) is 0. The molecule has 1 aliphatic heterocycles. The Kier molecular flexibility index (Phi) is 1.31. The second-order valence-corrected chi connectivity index (χ2v) is 2.82. The summed E-state index contributed by atoms with van der Waals surface area (Å²) in [4.78, 5) is 0. The molecule has 0 aliphatic carbocycles. The van der Waals surface area contributed by atoms with Gasteiger partial charge in [0.15, 0.2) is 0 Å². The van der Waals surface area contributed by atoms with E-state index in [0.29, 0.717) is 5.25 Å². The summed E-state index contributed by atoms with van der Waals surface area (Å²) < 4.78 is 1.94. The van der Waals surface area contributed by atoms with Crippen molar-refractivity contribution in [2.45, 2.75) is 5.25 Å². The molecule has 1 fully saturated rings. The summed E-state index contributed by atoms with van der Waals surface area (Å²) in [5.74, 6) is 0. The highest BCUT2D eigenvalue weighted by atomic mass is 32.1. The third kappa shape index (κ3) is 0.832. The van der Waals surface area contributed by atoms with Gasteiger partial charge in [-0.1, -0.05) is 12.8 Å². The number of hydrogen-bond donors (Lipinski definition) is 2. The minimum atomic E-state index is 0.586. The minimum absolute atomic E-state index is 0.586. The lowest BCUT2D eigenvalue weighted by atomic mass is 10.3. The van der Waals surface area contributed by atoms with E-state index in [9.17, 15) is 0 Å². The molecule has 3 heteroatoms. The van der Waals surface area contributed by atoms with Gasteiger partial charge in [-0.3, -0.25) is 4.31 Å². The van der Waals surface area contributed by atoms with E-state index in [1.807, 2.05) is 4.31 Å². The lowest BCUT2D eigenvalue weighted by Crippen LogP contribution is -2.41. The third-order valence-electron chi connectivity index (χ3n) is 0.843. The SMILES string of the molecule is SC1CN(S)C1. The van der Waals surface area contributed by atoms with E-state index in [4.69, 9.17) is 0 Å². The lowest BCUT2D eigenvalue weighted by molar-refractivity contribution is 0.363. The number of thiol groups is 2. The Bertz CT molecular complexity index is 44.8. The van der Waals surface area contributed by atoms with E-state index in [1.165, 1.54) is 0 Å². The van der Waals surface area contributed by atoms with Gasteiger partial charge < -0.3 is 0 Å².